The Kier molecular flexibility index (Phi) is 4.03. The highest BCUT2D eigenvalue weighted by molar-refractivity contribution is 5.76. The average molecular weight is 290 g/mol. The maximum Gasteiger partial charge on any atom is 0.266 e. The van der Waals surface area contributed by atoms with Crippen molar-refractivity contribution in [2.75, 3.05) is 6.61 Å². The summed E-state index contributed by atoms with van der Waals surface area (Å²) in [7, 11) is 0. The molecule has 0 fully saturated rings. The number of aryl methyl sites for hydroxylation is 1. The Morgan fingerprint density at radius 2 is 2.00 bits per heavy atom. The molecule has 0 saturated carbocycles. The first-order valence-electron chi connectivity index (χ1n) is 6.24. The predicted octanol–water partition coefficient (Wildman–Crippen LogP) is 2.90. The van der Waals surface area contributed by atoms with Crippen molar-refractivity contribution in [1.29, 1.82) is 5.26 Å². The molecule has 6 heteroatoms. The van der Waals surface area contributed by atoms with Crippen LogP contribution in [0, 0.1) is 29.9 Å². The van der Waals surface area contributed by atoms with Crippen molar-refractivity contribution >= 4 is 0 Å². The minimum absolute atomic E-state index is 0.0418. The maximum absolute atomic E-state index is 13.9. The average Bonchev–Trinajstić information content (AvgIpc) is 2.40. The smallest absolute Gasteiger partial charge is 0.266 e. The standard InChI is InChI=1S/C15H12F2N2O2/c1-3-21-14-11(5-9(16)6-13(14)17)10-4-8(2)19-15(20)12(10)7-18/h4-6H,3H2,1-2H3,(H,19,20). The number of H-pyrrole nitrogens is 1. The zero-order chi connectivity index (χ0) is 15.6. The second kappa shape index (κ2) is 5.75. The number of nitrogens with zero attached hydrogens (tertiary/aromatic N) is 1. The molecule has 0 bridgehead atoms. The van der Waals surface area contributed by atoms with E-state index >= 15 is 0 Å². The molecule has 0 radical (unpaired) electrons. The molecule has 2 rings (SSSR count). The maximum atomic E-state index is 13.9. The molecule has 1 aromatic heterocycles. The van der Waals surface area contributed by atoms with Crippen molar-refractivity contribution in [2.45, 2.75) is 13.8 Å². The third-order valence-corrected chi connectivity index (χ3v) is 2.87. The number of ether oxygens (including phenoxy) is 1. The highest BCUT2D eigenvalue weighted by Gasteiger charge is 2.19. The molecular formula is C15H12F2N2O2. The number of rotatable bonds is 3. The van der Waals surface area contributed by atoms with Crippen LogP contribution in [-0.4, -0.2) is 11.6 Å². The Balaban J connectivity index is 2.84. The van der Waals surface area contributed by atoms with Crippen molar-refractivity contribution in [3.05, 3.63) is 51.4 Å². The van der Waals surface area contributed by atoms with E-state index in [1.165, 1.54) is 6.07 Å². The Bertz CT molecular complexity index is 791. The molecule has 1 N–H and O–H groups in total. The minimum atomic E-state index is -0.881. The lowest BCUT2D eigenvalue weighted by atomic mass is 9.99. The summed E-state index contributed by atoms with van der Waals surface area (Å²) in [4.78, 5) is 14.3. The molecule has 1 aromatic carbocycles. The number of benzene rings is 1. The first-order chi connectivity index (χ1) is 9.97. The summed E-state index contributed by atoms with van der Waals surface area (Å²) < 4.78 is 32.6. The minimum Gasteiger partial charge on any atom is -0.490 e. The summed E-state index contributed by atoms with van der Waals surface area (Å²) in [5.74, 6) is -1.87. The van der Waals surface area contributed by atoms with E-state index in [4.69, 9.17) is 10.00 Å². The van der Waals surface area contributed by atoms with Crippen molar-refractivity contribution in [2.24, 2.45) is 0 Å². The number of nitrogens with one attached hydrogen (secondary N) is 1. The van der Waals surface area contributed by atoms with Gasteiger partial charge < -0.3 is 9.72 Å². The normalized spacial score (nSPS) is 10.2. The van der Waals surface area contributed by atoms with Crippen LogP contribution >= 0.6 is 0 Å². The SMILES string of the molecule is CCOc1c(F)cc(F)cc1-c1cc(C)[nH]c(=O)c1C#N. The van der Waals surface area contributed by atoms with Crippen LogP contribution in [0.1, 0.15) is 18.2 Å². The molecule has 0 aliphatic rings. The second-order valence-corrected chi connectivity index (χ2v) is 4.38. The van der Waals surface area contributed by atoms with Gasteiger partial charge in [-0.3, -0.25) is 4.79 Å². The van der Waals surface area contributed by atoms with Gasteiger partial charge in [0.25, 0.3) is 5.56 Å². The molecule has 108 valence electrons. The van der Waals surface area contributed by atoms with E-state index in [0.717, 1.165) is 6.07 Å². The number of pyridine rings is 1. The lowest BCUT2D eigenvalue weighted by Gasteiger charge is -2.13. The van der Waals surface area contributed by atoms with E-state index in [0.29, 0.717) is 11.8 Å². The van der Waals surface area contributed by atoms with Gasteiger partial charge in [-0.1, -0.05) is 0 Å². The third-order valence-electron chi connectivity index (χ3n) is 2.87. The van der Waals surface area contributed by atoms with Gasteiger partial charge in [0.1, 0.15) is 17.4 Å². The van der Waals surface area contributed by atoms with E-state index in [2.05, 4.69) is 4.98 Å². The van der Waals surface area contributed by atoms with Crippen molar-refractivity contribution < 1.29 is 13.5 Å². The van der Waals surface area contributed by atoms with Crippen LogP contribution in [0.3, 0.4) is 0 Å². The van der Waals surface area contributed by atoms with E-state index in [9.17, 15) is 13.6 Å². The number of nitriles is 1. The Morgan fingerprint density at radius 3 is 2.62 bits per heavy atom. The van der Waals surface area contributed by atoms with Gasteiger partial charge >= 0.3 is 0 Å². The Morgan fingerprint density at radius 1 is 1.29 bits per heavy atom. The van der Waals surface area contributed by atoms with Crippen molar-refractivity contribution in [3.63, 3.8) is 0 Å². The molecular weight excluding hydrogens is 278 g/mol. The van der Waals surface area contributed by atoms with Gasteiger partial charge in [-0.2, -0.15) is 5.26 Å². The zero-order valence-corrected chi connectivity index (χ0v) is 11.5. The van der Waals surface area contributed by atoms with Crippen molar-refractivity contribution in [1.82, 2.24) is 4.98 Å². The van der Waals surface area contributed by atoms with Gasteiger partial charge in [0, 0.05) is 22.9 Å². The molecule has 0 aliphatic heterocycles. The fourth-order valence-electron chi connectivity index (χ4n) is 2.06. The van der Waals surface area contributed by atoms with Crippen LogP contribution in [0.5, 0.6) is 5.75 Å². The fourth-order valence-corrected chi connectivity index (χ4v) is 2.06. The zero-order valence-electron chi connectivity index (χ0n) is 11.5. The van der Waals surface area contributed by atoms with Crippen LogP contribution in [0.25, 0.3) is 11.1 Å². The van der Waals surface area contributed by atoms with Crippen LogP contribution in [0.15, 0.2) is 23.0 Å². The third kappa shape index (κ3) is 2.77. The lowest BCUT2D eigenvalue weighted by Crippen LogP contribution is -2.13. The Hall–Kier alpha value is -2.68. The lowest BCUT2D eigenvalue weighted by molar-refractivity contribution is 0.322. The van der Waals surface area contributed by atoms with E-state index in [1.807, 2.05) is 0 Å². The summed E-state index contributed by atoms with van der Waals surface area (Å²) in [5, 5.41) is 9.11. The number of hydrogen-bond donors (Lipinski definition) is 1. The summed E-state index contributed by atoms with van der Waals surface area (Å²) in [6.45, 7) is 3.43. The molecule has 2 aromatic rings. The molecule has 0 unspecified atom stereocenters. The highest BCUT2D eigenvalue weighted by Crippen LogP contribution is 2.34. The topological polar surface area (TPSA) is 65.9 Å². The van der Waals surface area contributed by atoms with Gasteiger partial charge in [0.15, 0.2) is 11.6 Å². The number of halogens is 2. The van der Waals surface area contributed by atoms with E-state index in [-0.39, 0.29) is 29.0 Å². The quantitative estimate of drug-likeness (QED) is 0.945. The Labute approximate surface area is 119 Å². The molecule has 21 heavy (non-hydrogen) atoms. The van der Waals surface area contributed by atoms with Crippen LogP contribution in [0.4, 0.5) is 8.78 Å². The monoisotopic (exact) mass is 290 g/mol. The van der Waals surface area contributed by atoms with Gasteiger partial charge in [-0.05, 0) is 26.0 Å². The number of aromatic amines is 1. The number of hydrogen-bond acceptors (Lipinski definition) is 3. The molecule has 0 atom stereocenters. The van der Waals surface area contributed by atoms with E-state index in [1.54, 1.807) is 19.9 Å². The van der Waals surface area contributed by atoms with Crippen LogP contribution in [0.2, 0.25) is 0 Å². The van der Waals surface area contributed by atoms with Crippen LogP contribution < -0.4 is 10.3 Å². The molecule has 4 nitrogen and oxygen atoms in total. The summed E-state index contributed by atoms with van der Waals surface area (Å²) in [6, 6.07) is 4.98. The van der Waals surface area contributed by atoms with Gasteiger partial charge in [0.05, 0.1) is 6.61 Å². The summed E-state index contributed by atoms with van der Waals surface area (Å²) in [5.41, 5.74) is -0.173. The largest absolute Gasteiger partial charge is 0.490 e. The van der Waals surface area contributed by atoms with E-state index < -0.39 is 17.2 Å². The predicted molar refractivity (Wildman–Crippen MR) is 73.0 cm³/mol. The van der Waals surface area contributed by atoms with Crippen molar-refractivity contribution in [3.8, 4) is 22.9 Å². The first kappa shape index (κ1) is 14.7. The van der Waals surface area contributed by atoms with Gasteiger partial charge in [0.2, 0.25) is 0 Å². The molecule has 0 saturated heterocycles. The highest BCUT2D eigenvalue weighted by atomic mass is 19.1. The fraction of sp³-hybridized carbons (Fsp3) is 0.200. The summed E-state index contributed by atoms with van der Waals surface area (Å²) in [6.07, 6.45) is 0. The summed E-state index contributed by atoms with van der Waals surface area (Å²) >= 11 is 0. The molecule has 0 spiro atoms. The van der Waals surface area contributed by atoms with Gasteiger partial charge in [-0.15, -0.1) is 0 Å². The molecule has 0 aliphatic carbocycles. The van der Waals surface area contributed by atoms with Crippen LogP contribution in [-0.2, 0) is 0 Å². The molecule has 0 amide bonds. The first-order valence-corrected chi connectivity index (χ1v) is 6.24. The number of aromatic nitrogens is 1. The van der Waals surface area contributed by atoms with Gasteiger partial charge in [-0.25, -0.2) is 8.78 Å². The molecule has 1 heterocycles. The second-order valence-electron chi connectivity index (χ2n) is 4.38.